The number of rotatable bonds is 5. The molecule has 152 valence electrons. The van der Waals surface area contributed by atoms with E-state index in [0.29, 0.717) is 6.42 Å². The number of amides is 1. The maximum absolute atomic E-state index is 14.5. The number of ether oxygens (including phenoxy) is 1. The van der Waals surface area contributed by atoms with Gasteiger partial charge >= 0.3 is 29.6 Å². The van der Waals surface area contributed by atoms with Crippen molar-refractivity contribution in [3.05, 3.63) is 58.1 Å². The van der Waals surface area contributed by atoms with Gasteiger partial charge in [-0.25, -0.2) is 24.6 Å². The molecule has 2 N–H and O–H groups in total. The van der Waals surface area contributed by atoms with Crippen molar-refractivity contribution < 1.29 is 57.4 Å². The van der Waals surface area contributed by atoms with Crippen LogP contribution in [0.2, 0.25) is 5.02 Å². The maximum atomic E-state index is 14.5. The summed E-state index contributed by atoms with van der Waals surface area (Å²) in [6.45, 7) is -0.479. The number of carbonyl (C=O) groups is 1. The van der Waals surface area contributed by atoms with Crippen LogP contribution in [0, 0.1) is 11.7 Å². The number of fused-ring (bicyclic) bond motifs is 1. The summed E-state index contributed by atoms with van der Waals surface area (Å²) in [7, 11) is 0. The predicted octanol–water partition coefficient (Wildman–Crippen LogP) is 0.407. The predicted molar refractivity (Wildman–Crippen MR) is 97.6 cm³/mol. The molecule has 1 amide bonds. The van der Waals surface area contributed by atoms with Crippen molar-refractivity contribution in [1.82, 2.24) is 4.98 Å². The summed E-state index contributed by atoms with van der Waals surface area (Å²) in [5.41, 5.74) is -2.30. The minimum Gasteiger partial charge on any atom is -0.672 e. The van der Waals surface area contributed by atoms with Gasteiger partial charge in [0.15, 0.2) is 0 Å². The second-order valence-electron chi connectivity index (χ2n) is 6.80. The third-order valence-corrected chi connectivity index (χ3v) is 5.25. The Balaban J connectivity index is 0.00000256. The van der Waals surface area contributed by atoms with Crippen LogP contribution in [0.4, 0.5) is 18.9 Å². The molecule has 0 bridgehead atoms. The third kappa shape index (κ3) is 3.97. The van der Waals surface area contributed by atoms with E-state index in [0.717, 1.165) is 12.1 Å². The molecule has 0 saturated heterocycles. The number of nitrogens with zero attached hydrogens (tertiary/aromatic N) is 2. The van der Waals surface area contributed by atoms with Gasteiger partial charge < -0.3 is 20.2 Å². The van der Waals surface area contributed by atoms with Gasteiger partial charge in [0.05, 0.1) is 17.7 Å². The molecule has 0 unspecified atom stereocenters. The molecule has 1 saturated carbocycles. The van der Waals surface area contributed by atoms with Crippen molar-refractivity contribution in [2.24, 2.45) is 10.9 Å². The SMILES string of the molecule is O=C(Nc1ccc(F)c([C@@]2(C(F)F)N=[C-]O[C@@H]3C[C@@H]32)c1)c1ncc(Cl)cc1CO.[Na+]. The second kappa shape index (κ2) is 8.84. The number of hydrogen-bond acceptors (Lipinski definition) is 5. The first-order valence-electron chi connectivity index (χ1n) is 8.64. The van der Waals surface area contributed by atoms with E-state index in [1.54, 1.807) is 0 Å². The Labute approximate surface area is 196 Å². The van der Waals surface area contributed by atoms with Crippen molar-refractivity contribution in [3.8, 4) is 0 Å². The van der Waals surface area contributed by atoms with Gasteiger partial charge in [-0.05, 0) is 30.7 Å². The quantitative estimate of drug-likeness (QED) is 0.514. The summed E-state index contributed by atoms with van der Waals surface area (Å²) in [4.78, 5) is 20.1. The average molecular weight is 448 g/mol. The van der Waals surface area contributed by atoms with Gasteiger partial charge in [0.1, 0.15) is 17.1 Å². The van der Waals surface area contributed by atoms with Gasteiger partial charge in [0, 0.05) is 28.9 Å². The Morgan fingerprint density at radius 2 is 2.20 bits per heavy atom. The van der Waals surface area contributed by atoms with Gasteiger partial charge in [-0.2, -0.15) is 0 Å². The molecule has 2 aliphatic rings. The zero-order valence-electron chi connectivity index (χ0n) is 15.7. The Bertz CT molecular complexity index is 1010. The van der Waals surface area contributed by atoms with E-state index in [1.165, 1.54) is 18.3 Å². The average Bonchev–Trinajstić information content (AvgIpc) is 3.49. The molecule has 0 spiro atoms. The van der Waals surface area contributed by atoms with E-state index in [2.05, 4.69) is 21.7 Å². The van der Waals surface area contributed by atoms with Gasteiger partial charge in [-0.1, -0.05) is 11.6 Å². The van der Waals surface area contributed by atoms with Crippen LogP contribution in [0.3, 0.4) is 0 Å². The first kappa shape index (κ1) is 23.0. The number of aliphatic hydroxyl groups excluding tert-OH is 1. The molecule has 1 aromatic heterocycles. The van der Waals surface area contributed by atoms with E-state index in [-0.39, 0.29) is 57.1 Å². The molecule has 3 atom stereocenters. The summed E-state index contributed by atoms with van der Waals surface area (Å²) in [5, 5.41) is 12.1. The molecular weight excluding hydrogens is 434 g/mol. The van der Waals surface area contributed by atoms with E-state index in [9.17, 15) is 23.1 Å². The van der Waals surface area contributed by atoms with Crippen LogP contribution in [-0.2, 0) is 16.9 Å². The number of aliphatic hydroxyl groups is 1. The van der Waals surface area contributed by atoms with Crippen LogP contribution in [0.1, 0.15) is 28.0 Å². The molecule has 1 aromatic carbocycles. The molecule has 1 aliphatic heterocycles. The van der Waals surface area contributed by atoms with Crippen molar-refractivity contribution in [1.29, 1.82) is 0 Å². The summed E-state index contributed by atoms with van der Waals surface area (Å²) < 4.78 is 47.6. The molecule has 6 nitrogen and oxygen atoms in total. The Hall–Kier alpha value is -1.65. The summed E-state index contributed by atoms with van der Waals surface area (Å²) >= 11 is 5.80. The van der Waals surface area contributed by atoms with Crippen molar-refractivity contribution in [2.45, 2.75) is 31.1 Å². The number of aliphatic imine (C=N–C) groups is 1. The normalized spacial score (nSPS) is 23.9. The number of halogens is 4. The summed E-state index contributed by atoms with van der Waals surface area (Å²) in [6, 6.07) is 4.73. The number of hydrogen-bond donors (Lipinski definition) is 2. The van der Waals surface area contributed by atoms with Crippen molar-refractivity contribution >= 4 is 29.6 Å². The zero-order chi connectivity index (χ0) is 20.8. The van der Waals surface area contributed by atoms with Crippen LogP contribution in [0.25, 0.3) is 0 Å². The molecule has 1 aliphatic carbocycles. The fourth-order valence-electron chi connectivity index (χ4n) is 3.51. The monoisotopic (exact) mass is 447 g/mol. The molecule has 2 aromatic rings. The molecule has 11 heteroatoms. The third-order valence-electron chi connectivity index (χ3n) is 5.04. The first-order chi connectivity index (χ1) is 13.9. The van der Waals surface area contributed by atoms with Gasteiger partial charge in [0.25, 0.3) is 12.3 Å². The zero-order valence-corrected chi connectivity index (χ0v) is 18.5. The molecule has 0 radical (unpaired) electrons. The number of nitrogens with one attached hydrogen (secondary N) is 1. The number of pyridine rings is 1. The largest absolute Gasteiger partial charge is 1.00 e. The Kier molecular flexibility index (Phi) is 6.78. The minimum atomic E-state index is -2.99. The van der Waals surface area contributed by atoms with E-state index in [1.807, 2.05) is 0 Å². The molecular formula is C19H14ClF3N3NaO3. The number of anilines is 1. The standard InChI is InChI=1S/C19H14ClF3N3O3.Na/c20-10-3-9(7-27)16(24-6-10)17(28)26-11-1-2-14(21)12(4-11)19(18(22)23)13-5-15(13)29-8-25-19;/h1-4,6,13,15,18,27H,5,7H2,(H,26,28);/q-1;+1/t13-,15+,19+;/m0./s1. The van der Waals surface area contributed by atoms with Crippen LogP contribution in [-0.4, -0.2) is 34.9 Å². The van der Waals surface area contributed by atoms with E-state index < -0.39 is 42.3 Å². The topological polar surface area (TPSA) is 83.8 Å². The maximum Gasteiger partial charge on any atom is 1.00 e. The van der Waals surface area contributed by atoms with Gasteiger partial charge in [-0.15, -0.1) is 0 Å². The smallest absolute Gasteiger partial charge is 0.672 e. The van der Waals surface area contributed by atoms with Gasteiger partial charge in [0.2, 0.25) is 0 Å². The molecule has 1 fully saturated rings. The number of aromatic nitrogens is 1. The number of carbonyl (C=O) groups excluding carboxylic acids is 1. The molecule has 4 rings (SSSR count). The summed E-state index contributed by atoms with van der Waals surface area (Å²) in [6.07, 6.45) is 0.191. The molecule has 30 heavy (non-hydrogen) atoms. The fourth-order valence-corrected chi connectivity index (χ4v) is 3.69. The van der Waals surface area contributed by atoms with Crippen LogP contribution < -0.4 is 34.9 Å². The number of benzene rings is 1. The Morgan fingerprint density at radius 1 is 1.43 bits per heavy atom. The van der Waals surface area contributed by atoms with Gasteiger partial charge in [-0.3, -0.25) is 4.79 Å². The molecule has 2 heterocycles. The fraction of sp³-hybridized carbons (Fsp3) is 0.316. The first-order valence-corrected chi connectivity index (χ1v) is 9.02. The van der Waals surface area contributed by atoms with Crippen LogP contribution in [0.5, 0.6) is 0 Å². The summed E-state index contributed by atoms with van der Waals surface area (Å²) in [5.74, 6) is -2.26. The second-order valence-corrected chi connectivity index (χ2v) is 7.23. The Morgan fingerprint density at radius 3 is 2.90 bits per heavy atom. The van der Waals surface area contributed by atoms with Crippen LogP contribution >= 0.6 is 11.6 Å². The van der Waals surface area contributed by atoms with Crippen molar-refractivity contribution in [2.75, 3.05) is 5.32 Å². The van der Waals surface area contributed by atoms with Crippen LogP contribution in [0.15, 0.2) is 35.5 Å². The van der Waals surface area contributed by atoms with Crippen molar-refractivity contribution in [3.63, 3.8) is 0 Å². The van der Waals surface area contributed by atoms with E-state index in [4.69, 9.17) is 16.3 Å². The number of alkyl halides is 2. The minimum absolute atomic E-state index is 0. The van der Waals surface area contributed by atoms with E-state index >= 15 is 0 Å².